The zero-order chi connectivity index (χ0) is 20.5. The molecule has 0 aliphatic carbocycles. The molecule has 1 fully saturated rings. The van der Waals surface area contributed by atoms with Gasteiger partial charge in [-0.05, 0) is 43.0 Å². The number of pyridine rings is 1. The van der Waals surface area contributed by atoms with Crippen LogP contribution in [0.25, 0.3) is 11.0 Å². The molecule has 6 nitrogen and oxygen atoms in total. The summed E-state index contributed by atoms with van der Waals surface area (Å²) in [6.45, 7) is 4.04. The van der Waals surface area contributed by atoms with Crippen molar-refractivity contribution in [2.24, 2.45) is 0 Å². The fourth-order valence-corrected chi connectivity index (χ4v) is 4.70. The van der Waals surface area contributed by atoms with Gasteiger partial charge in [0.05, 0.1) is 23.7 Å². The molecule has 0 saturated carbocycles. The van der Waals surface area contributed by atoms with Gasteiger partial charge in [0.25, 0.3) is 5.91 Å². The Morgan fingerprint density at radius 1 is 1.23 bits per heavy atom. The quantitative estimate of drug-likeness (QED) is 0.529. The summed E-state index contributed by atoms with van der Waals surface area (Å²) in [5, 5.41) is 10.9. The maximum atomic E-state index is 13.4. The molecule has 1 atom stereocenters. The minimum atomic E-state index is 0.0542. The van der Waals surface area contributed by atoms with E-state index in [1.165, 1.54) is 4.88 Å². The Morgan fingerprint density at radius 3 is 2.90 bits per heavy atom. The maximum Gasteiger partial charge on any atom is 0.254 e. The first-order valence-electron chi connectivity index (χ1n) is 10.1. The number of nitrogens with one attached hydrogen (secondary N) is 1. The molecule has 1 aliphatic rings. The van der Waals surface area contributed by atoms with Gasteiger partial charge in [0.2, 0.25) is 0 Å². The van der Waals surface area contributed by atoms with Crippen LogP contribution in [0.4, 0.5) is 5.69 Å². The second kappa shape index (κ2) is 7.91. The van der Waals surface area contributed by atoms with E-state index >= 15 is 0 Å². The average molecular weight is 418 g/mol. The minimum Gasteiger partial charge on any atom is -0.380 e. The molecule has 1 amide bonds. The van der Waals surface area contributed by atoms with Crippen molar-refractivity contribution in [2.75, 3.05) is 18.4 Å². The Kier molecular flexibility index (Phi) is 4.96. The third-order valence-corrected chi connectivity index (χ3v) is 6.33. The molecule has 30 heavy (non-hydrogen) atoms. The Hall–Kier alpha value is -3.19. The molecule has 5 rings (SSSR count). The number of carbonyl (C=O) groups is 1. The first-order chi connectivity index (χ1) is 14.7. The number of aryl methyl sites for hydroxylation is 1. The van der Waals surface area contributed by atoms with Crippen LogP contribution in [-0.2, 0) is 6.54 Å². The van der Waals surface area contributed by atoms with Gasteiger partial charge in [-0.2, -0.15) is 5.10 Å². The van der Waals surface area contributed by atoms with Crippen LogP contribution >= 0.6 is 11.3 Å². The third kappa shape index (κ3) is 3.68. The Morgan fingerprint density at radius 2 is 2.10 bits per heavy atom. The van der Waals surface area contributed by atoms with Crippen molar-refractivity contribution >= 4 is 34.0 Å². The number of aromatic nitrogens is 3. The highest BCUT2D eigenvalue weighted by molar-refractivity contribution is 7.09. The predicted octanol–water partition coefficient (Wildman–Crippen LogP) is 4.18. The molecule has 0 spiro atoms. The van der Waals surface area contributed by atoms with E-state index < -0.39 is 0 Å². The van der Waals surface area contributed by atoms with Gasteiger partial charge in [-0.1, -0.05) is 24.3 Å². The van der Waals surface area contributed by atoms with E-state index in [1.54, 1.807) is 17.5 Å². The van der Waals surface area contributed by atoms with Crippen LogP contribution in [0.15, 0.2) is 60.1 Å². The summed E-state index contributed by atoms with van der Waals surface area (Å²) in [4.78, 5) is 21.2. The highest BCUT2D eigenvalue weighted by atomic mass is 32.1. The number of thiophene rings is 1. The highest BCUT2D eigenvalue weighted by Crippen LogP contribution is 2.24. The lowest BCUT2D eigenvalue weighted by Gasteiger charge is -2.18. The van der Waals surface area contributed by atoms with Gasteiger partial charge in [0.15, 0.2) is 5.65 Å². The Bertz CT molecular complexity index is 1170. The fourth-order valence-electron chi connectivity index (χ4n) is 4.02. The van der Waals surface area contributed by atoms with E-state index in [0.29, 0.717) is 18.7 Å². The second-order valence-electron chi connectivity index (χ2n) is 7.68. The number of para-hydroxylation sites is 1. The normalized spacial score (nSPS) is 16.3. The molecule has 1 saturated heterocycles. The van der Waals surface area contributed by atoms with Crippen LogP contribution in [0.1, 0.15) is 27.3 Å². The molecule has 3 aromatic heterocycles. The molecular weight excluding hydrogens is 394 g/mol. The Labute approximate surface area is 179 Å². The predicted molar refractivity (Wildman–Crippen MR) is 120 cm³/mol. The van der Waals surface area contributed by atoms with Gasteiger partial charge in [0.1, 0.15) is 0 Å². The number of hydrogen-bond acceptors (Lipinski definition) is 5. The third-order valence-electron chi connectivity index (χ3n) is 5.47. The summed E-state index contributed by atoms with van der Waals surface area (Å²) in [7, 11) is 0. The molecule has 7 heteroatoms. The average Bonchev–Trinajstić information content (AvgIpc) is 3.50. The Balaban J connectivity index is 1.38. The van der Waals surface area contributed by atoms with Crippen LogP contribution < -0.4 is 5.32 Å². The molecule has 4 aromatic rings. The van der Waals surface area contributed by atoms with E-state index in [-0.39, 0.29) is 11.9 Å². The zero-order valence-corrected chi connectivity index (χ0v) is 17.6. The summed E-state index contributed by atoms with van der Waals surface area (Å²) >= 11 is 1.69. The van der Waals surface area contributed by atoms with Crippen molar-refractivity contribution in [3.05, 3.63) is 76.2 Å². The van der Waals surface area contributed by atoms with Crippen molar-refractivity contribution < 1.29 is 4.79 Å². The molecular formula is C23H23N5OS. The fraction of sp³-hybridized carbons (Fsp3) is 0.261. The number of carbonyl (C=O) groups excluding carboxylic acids is 1. The van der Waals surface area contributed by atoms with E-state index in [4.69, 9.17) is 0 Å². The first kappa shape index (κ1) is 18.8. The number of fused-ring (bicyclic) bond motifs is 1. The topological polar surface area (TPSA) is 63.1 Å². The highest BCUT2D eigenvalue weighted by Gasteiger charge is 2.28. The van der Waals surface area contributed by atoms with Crippen molar-refractivity contribution in [3.63, 3.8) is 0 Å². The molecule has 1 N–H and O–H groups in total. The molecule has 1 unspecified atom stereocenters. The van der Waals surface area contributed by atoms with Crippen LogP contribution in [0.5, 0.6) is 0 Å². The van der Waals surface area contributed by atoms with Crippen LogP contribution in [0.2, 0.25) is 0 Å². The summed E-state index contributed by atoms with van der Waals surface area (Å²) in [6, 6.07) is 16.4. The summed E-state index contributed by atoms with van der Waals surface area (Å²) in [5.41, 5.74) is 3.38. The van der Waals surface area contributed by atoms with E-state index in [2.05, 4.69) is 39.0 Å². The van der Waals surface area contributed by atoms with Gasteiger partial charge in [-0.15, -0.1) is 11.3 Å². The van der Waals surface area contributed by atoms with Gasteiger partial charge < -0.3 is 10.2 Å². The van der Waals surface area contributed by atoms with E-state index in [0.717, 1.165) is 35.4 Å². The standard InChI is InChI=1S/C23H23N5OS/c1-16-12-20(21-13-24-28(22(21)25-16)15-19-8-5-11-30-19)23(29)27-10-9-18(14-27)26-17-6-3-2-4-7-17/h2-8,11-13,18,26H,9-10,14-15H2,1H3. The number of anilines is 1. The van der Waals surface area contributed by atoms with E-state index in [9.17, 15) is 4.79 Å². The molecule has 0 radical (unpaired) electrons. The molecule has 4 heterocycles. The molecule has 1 aliphatic heterocycles. The number of rotatable bonds is 5. The number of nitrogens with zero attached hydrogens (tertiary/aromatic N) is 4. The molecule has 152 valence electrons. The van der Waals surface area contributed by atoms with Gasteiger partial charge in [-0.25, -0.2) is 9.67 Å². The SMILES string of the molecule is Cc1cc(C(=O)N2CCC(Nc3ccccc3)C2)c2cnn(Cc3cccs3)c2n1. The largest absolute Gasteiger partial charge is 0.380 e. The lowest BCUT2D eigenvalue weighted by molar-refractivity contribution is 0.0793. The lowest BCUT2D eigenvalue weighted by atomic mass is 10.1. The lowest BCUT2D eigenvalue weighted by Crippen LogP contribution is -2.31. The summed E-state index contributed by atoms with van der Waals surface area (Å²) in [6.07, 6.45) is 2.71. The number of hydrogen-bond donors (Lipinski definition) is 1. The summed E-state index contributed by atoms with van der Waals surface area (Å²) < 4.78 is 1.88. The number of likely N-dealkylation sites (tertiary alicyclic amines) is 1. The van der Waals surface area contributed by atoms with Crippen molar-refractivity contribution in [1.82, 2.24) is 19.7 Å². The minimum absolute atomic E-state index is 0.0542. The zero-order valence-electron chi connectivity index (χ0n) is 16.8. The van der Waals surface area contributed by atoms with Gasteiger partial charge in [-0.3, -0.25) is 4.79 Å². The van der Waals surface area contributed by atoms with Crippen LogP contribution in [-0.4, -0.2) is 44.7 Å². The van der Waals surface area contributed by atoms with Crippen molar-refractivity contribution in [3.8, 4) is 0 Å². The van der Waals surface area contributed by atoms with E-state index in [1.807, 2.05) is 46.8 Å². The summed E-state index contributed by atoms with van der Waals surface area (Å²) in [5.74, 6) is 0.0542. The molecule has 1 aromatic carbocycles. The first-order valence-corrected chi connectivity index (χ1v) is 11.0. The number of benzene rings is 1. The van der Waals surface area contributed by atoms with Crippen LogP contribution in [0.3, 0.4) is 0 Å². The van der Waals surface area contributed by atoms with Crippen molar-refractivity contribution in [2.45, 2.75) is 25.9 Å². The molecule has 0 bridgehead atoms. The monoisotopic (exact) mass is 417 g/mol. The number of amides is 1. The second-order valence-corrected chi connectivity index (χ2v) is 8.71. The van der Waals surface area contributed by atoms with Crippen LogP contribution in [0, 0.1) is 6.92 Å². The maximum absolute atomic E-state index is 13.4. The van der Waals surface area contributed by atoms with Gasteiger partial charge >= 0.3 is 0 Å². The smallest absolute Gasteiger partial charge is 0.254 e. The van der Waals surface area contributed by atoms with Gasteiger partial charge in [0, 0.05) is 35.4 Å². The van der Waals surface area contributed by atoms with Crippen molar-refractivity contribution in [1.29, 1.82) is 0 Å².